The average molecular weight is 453 g/mol. The third kappa shape index (κ3) is 4.16. The third-order valence-corrected chi connectivity index (χ3v) is 8.05. The van der Waals surface area contributed by atoms with Gasteiger partial charge < -0.3 is 15.1 Å². The van der Waals surface area contributed by atoms with Crippen molar-refractivity contribution in [3.63, 3.8) is 0 Å². The Morgan fingerprint density at radius 2 is 1.79 bits per heavy atom. The summed E-state index contributed by atoms with van der Waals surface area (Å²) in [4.78, 5) is 4.99. The van der Waals surface area contributed by atoms with E-state index >= 15 is 0 Å². The van der Waals surface area contributed by atoms with Crippen molar-refractivity contribution in [1.29, 1.82) is 0 Å². The molecule has 0 saturated carbocycles. The Kier molecular flexibility index (Phi) is 6.03. The van der Waals surface area contributed by atoms with Crippen LogP contribution >= 0.6 is 0 Å². The summed E-state index contributed by atoms with van der Waals surface area (Å²) in [7, 11) is 6.42. The van der Waals surface area contributed by atoms with Crippen molar-refractivity contribution in [1.82, 2.24) is 24.9 Å². The molecule has 2 fully saturated rings. The van der Waals surface area contributed by atoms with E-state index in [1.165, 1.54) is 30.4 Å². The molecule has 6 heteroatoms. The van der Waals surface area contributed by atoms with Gasteiger partial charge in [-0.1, -0.05) is 61.1 Å². The highest BCUT2D eigenvalue weighted by Crippen LogP contribution is 2.49. The van der Waals surface area contributed by atoms with Crippen LogP contribution in [-0.4, -0.2) is 67.2 Å². The number of piperidine rings is 1. The van der Waals surface area contributed by atoms with E-state index in [-0.39, 0.29) is 0 Å². The number of nitrogens with one attached hydrogen (secondary N) is 1. The van der Waals surface area contributed by atoms with E-state index in [1.807, 2.05) is 23.9 Å². The Bertz CT molecular complexity index is 1200. The highest BCUT2D eigenvalue weighted by atomic mass is 15.3. The lowest BCUT2D eigenvalue weighted by Gasteiger charge is -2.44. The van der Waals surface area contributed by atoms with Crippen LogP contribution in [0.25, 0.3) is 16.6 Å². The van der Waals surface area contributed by atoms with Crippen molar-refractivity contribution in [2.75, 3.05) is 39.8 Å². The first-order chi connectivity index (χ1) is 16.4. The molecule has 0 aliphatic carbocycles. The molecule has 1 N–H and O–H groups in total. The quantitative estimate of drug-likeness (QED) is 0.583. The van der Waals surface area contributed by atoms with E-state index in [2.05, 4.69) is 84.7 Å². The molecule has 176 valence electrons. The maximum atomic E-state index is 4.68. The van der Waals surface area contributed by atoms with Crippen LogP contribution in [0.3, 0.4) is 0 Å². The van der Waals surface area contributed by atoms with Gasteiger partial charge in [0.2, 0.25) is 0 Å². The second-order valence-electron chi connectivity index (χ2n) is 10.4. The van der Waals surface area contributed by atoms with Crippen LogP contribution in [0.2, 0.25) is 0 Å². The van der Waals surface area contributed by atoms with Crippen LogP contribution in [0.5, 0.6) is 0 Å². The molecule has 34 heavy (non-hydrogen) atoms. The van der Waals surface area contributed by atoms with Crippen LogP contribution in [0, 0.1) is 5.41 Å². The van der Waals surface area contributed by atoms with Gasteiger partial charge in [-0.2, -0.15) is 5.10 Å². The minimum Gasteiger partial charge on any atom is -0.378 e. The molecular weight excluding hydrogens is 417 g/mol. The number of hydrogen-bond acceptors (Lipinski definition) is 4. The average Bonchev–Trinajstić information content (AvgIpc) is 3.35. The summed E-state index contributed by atoms with van der Waals surface area (Å²) >= 11 is 0. The second-order valence-corrected chi connectivity index (χ2v) is 10.4. The number of likely N-dealkylation sites (N-methyl/N-ethyl adjacent to an activating group) is 1. The fourth-order valence-electron chi connectivity index (χ4n) is 6.09. The van der Waals surface area contributed by atoms with E-state index in [0.29, 0.717) is 17.9 Å². The fourth-order valence-corrected chi connectivity index (χ4v) is 6.09. The predicted octanol–water partition coefficient (Wildman–Crippen LogP) is 2.72. The van der Waals surface area contributed by atoms with E-state index in [9.17, 15) is 0 Å². The number of benzene rings is 2. The first-order valence-electron chi connectivity index (χ1n) is 12.4. The largest absolute Gasteiger partial charge is 0.378 e. The molecule has 3 aromatic rings. The van der Waals surface area contributed by atoms with E-state index in [4.69, 9.17) is 0 Å². The van der Waals surface area contributed by atoms with Crippen LogP contribution in [0.15, 0.2) is 67.4 Å². The summed E-state index contributed by atoms with van der Waals surface area (Å²) < 4.78 is 1.92. The maximum absolute atomic E-state index is 4.68. The predicted molar refractivity (Wildman–Crippen MR) is 145 cm³/mol. The molecule has 0 bridgehead atoms. The SMILES string of the molecule is Bc1ccc(C2CN(C)CC23CCN(C(=C)CNC(=C)c2nn(C)c4ccccc24)CC3)cc1. The Hall–Kier alpha value is -2.99. The van der Waals surface area contributed by atoms with Crippen molar-refractivity contribution >= 4 is 29.9 Å². The smallest absolute Gasteiger partial charge is 0.139 e. The zero-order valence-electron chi connectivity index (χ0n) is 20.8. The molecule has 2 aliphatic rings. The molecule has 2 aromatic carbocycles. The van der Waals surface area contributed by atoms with E-state index in [1.54, 1.807) is 0 Å². The lowest BCUT2D eigenvalue weighted by molar-refractivity contribution is 0.119. The van der Waals surface area contributed by atoms with E-state index in [0.717, 1.165) is 47.6 Å². The molecular formula is C28H36BN5. The van der Waals surface area contributed by atoms with E-state index < -0.39 is 0 Å². The molecule has 1 atom stereocenters. The summed E-state index contributed by atoms with van der Waals surface area (Å²) in [5, 5.41) is 9.30. The molecule has 1 unspecified atom stereocenters. The minimum atomic E-state index is 0.366. The molecule has 3 heterocycles. The summed E-state index contributed by atoms with van der Waals surface area (Å²) in [5.41, 5.74) is 7.22. The van der Waals surface area contributed by atoms with Crippen LogP contribution in [0.4, 0.5) is 0 Å². The zero-order valence-corrected chi connectivity index (χ0v) is 20.8. The van der Waals surface area contributed by atoms with Gasteiger partial charge in [0, 0.05) is 50.2 Å². The van der Waals surface area contributed by atoms with Crippen molar-refractivity contribution in [2.45, 2.75) is 18.8 Å². The molecule has 2 saturated heterocycles. The number of hydrogen-bond donors (Lipinski definition) is 1. The molecule has 0 amide bonds. The summed E-state index contributed by atoms with van der Waals surface area (Å²) in [5.74, 6) is 0.615. The van der Waals surface area contributed by atoms with Crippen molar-refractivity contribution in [2.24, 2.45) is 12.5 Å². The number of likely N-dealkylation sites (tertiary alicyclic amines) is 2. The number of rotatable bonds is 6. The minimum absolute atomic E-state index is 0.366. The first kappa shape index (κ1) is 22.8. The Balaban J connectivity index is 1.21. The molecule has 1 aromatic heterocycles. The lowest BCUT2D eigenvalue weighted by atomic mass is 9.68. The van der Waals surface area contributed by atoms with Gasteiger partial charge in [-0.15, -0.1) is 0 Å². The molecule has 1 spiro atoms. The third-order valence-electron chi connectivity index (χ3n) is 8.05. The highest BCUT2D eigenvalue weighted by molar-refractivity contribution is 6.32. The Morgan fingerprint density at radius 1 is 1.09 bits per heavy atom. The van der Waals surface area contributed by atoms with Gasteiger partial charge in [0.25, 0.3) is 0 Å². The second kappa shape index (κ2) is 8.99. The topological polar surface area (TPSA) is 36.3 Å². The van der Waals surface area contributed by atoms with Gasteiger partial charge >= 0.3 is 0 Å². The van der Waals surface area contributed by atoms with Gasteiger partial charge in [0.15, 0.2) is 0 Å². The fraction of sp³-hybridized carbons (Fsp3) is 0.393. The summed E-state index contributed by atoms with van der Waals surface area (Å²) in [6, 6.07) is 17.5. The number of aryl methyl sites for hydroxylation is 1. The van der Waals surface area contributed by atoms with Crippen LogP contribution in [0.1, 0.15) is 30.0 Å². The molecule has 0 radical (unpaired) electrons. The van der Waals surface area contributed by atoms with Crippen LogP contribution in [-0.2, 0) is 7.05 Å². The molecule has 5 rings (SSSR count). The van der Waals surface area contributed by atoms with Crippen molar-refractivity contribution < 1.29 is 0 Å². The Labute approximate surface area is 204 Å². The number of para-hydroxylation sites is 1. The highest BCUT2D eigenvalue weighted by Gasteiger charge is 2.47. The molecule has 2 aliphatic heterocycles. The van der Waals surface area contributed by atoms with Gasteiger partial charge in [-0.05, 0) is 36.9 Å². The summed E-state index contributed by atoms with van der Waals surface area (Å²) in [6.07, 6.45) is 2.42. The number of aromatic nitrogens is 2. The summed E-state index contributed by atoms with van der Waals surface area (Å²) in [6.45, 7) is 13.9. The first-order valence-corrected chi connectivity index (χ1v) is 12.4. The van der Waals surface area contributed by atoms with Crippen LogP contribution < -0.4 is 10.8 Å². The number of nitrogens with zero attached hydrogens (tertiary/aromatic N) is 4. The normalized spacial score (nSPS) is 20.2. The van der Waals surface area contributed by atoms with Gasteiger partial charge in [0.05, 0.1) is 17.8 Å². The Morgan fingerprint density at radius 3 is 2.53 bits per heavy atom. The molecule has 5 nitrogen and oxygen atoms in total. The standard InChI is InChI=1S/C28H36BN5/c1-20(17-30-21(2)27-24-7-5-6-8-26(24)33(4)31-27)34-15-13-28(14-16-34)19-32(3)18-25(28)22-9-11-23(29)12-10-22/h5-12,25,30H,1-2,13-19,29H2,3-4H3. The lowest BCUT2D eigenvalue weighted by Crippen LogP contribution is -2.44. The van der Waals surface area contributed by atoms with Gasteiger partial charge in [-0.3, -0.25) is 4.68 Å². The van der Waals surface area contributed by atoms with Crippen molar-refractivity contribution in [3.05, 3.63) is 78.6 Å². The number of fused-ring (bicyclic) bond motifs is 1. The zero-order chi connectivity index (χ0) is 23.9. The monoisotopic (exact) mass is 453 g/mol. The maximum Gasteiger partial charge on any atom is 0.139 e. The van der Waals surface area contributed by atoms with Gasteiger partial charge in [0.1, 0.15) is 13.5 Å². The van der Waals surface area contributed by atoms with Gasteiger partial charge in [-0.25, -0.2) is 0 Å². The van der Waals surface area contributed by atoms with Crippen molar-refractivity contribution in [3.8, 4) is 0 Å².